The van der Waals surface area contributed by atoms with Gasteiger partial charge < -0.3 is 4.74 Å². The van der Waals surface area contributed by atoms with E-state index in [4.69, 9.17) is 6.85 Å². The Morgan fingerprint density at radius 3 is 2.85 bits per heavy atom. The van der Waals surface area contributed by atoms with Crippen molar-refractivity contribution in [2.24, 2.45) is 0 Å². The van der Waals surface area contributed by atoms with Crippen LogP contribution in [0.25, 0.3) is 6.08 Å². The summed E-state index contributed by atoms with van der Waals surface area (Å²) in [6.07, 6.45) is 2.20. The summed E-state index contributed by atoms with van der Waals surface area (Å²) in [7, 11) is 0. The summed E-state index contributed by atoms with van der Waals surface area (Å²) in [5, 5.41) is 0. The Hall–Kier alpha value is -1.57. The van der Waals surface area contributed by atoms with Gasteiger partial charge in [-0.2, -0.15) is 0 Å². The number of rotatable bonds is 3. The predicted molar refractivity (Wildman–Crippen MR) is 52.1 cm³/mol. The van der Waals surface area contributed by atoms with Gasteiger partial charge in [-0.15, -0.1) is 0 Å². The highest BCUT2D eigenvalue weighted by Crippen LogP contribution is 2.00. The molecule has 0 saturated carbocycles. The molecule has 0 bridgehead atoms. The molecule has 68 valence electrons. The van der Waals surface area contributed by atoms with Crippen molar-refractivity contribution in [1.82, 2.24) is 0 Å². The van der Waals surface area contributed by atoms with Crippen molar-refractivity contribution in [2.45, 2.75) is 6.92 Å². The maximum atomic E-state index is 11.1. The normalized spacial score (nSPS) is 15.6. The SMILES string of the molecule is [2H]c1c([2H])c([2H])c(/C=C/C(=O)OCC)c([2H])c1[2H]. The molecule has 0 atom stereocenters. The molecule has 0 spiro atoms. The first-order valence-corrected chi connectivity index (χ1v) is 3.81. The molecule has 13 heavy (non-hydrogen) atoms. The summed E-state index contributed by atoms with van der Waals surface area (Å²) in [5.41, 5.74) is -0.0333. The molecule has 0 amide bonds. The van der Waals surface area contributed by atoms with Gasteiger partial charge in [0.05, 0.1) is 13.5 Å². The molecule has 0 radical (unpaired) electrons. The van der Waals surface area contributed by atoms with Crippen LogP contribution in [-0.4, -0.2) is 12.6 Å². The highest BCUT2D eigenvalue weighted by atomic mass is 16.5. The molecule has 1 rings (SSSR count). The van der Waals surface area contributed by atoms with Gasteiger partial charge in [0.15, 0.2) is 0 Å². The summed E-state index contributed by atoms with van der Waals surface area (Å²) >= 11 is 0. The molecule has 0 fully saturated rings. The first-order chi connectivity index (χ1) is 8.40. The van der Waals surface area contributed by atoms with Crippen molar-refractivity contribution >= 4 is 12.0 Å². The third-order valence-electron chi connectivity index (χ3n) is 1.19. The lowest BCUT2D eigenvalue weighted by Gasteiger charge is -1.94. The van der Waals surface area contributed by atoms with Crippen LogP contribution in [0, 0.1) is 0 Å². The van der Waals surface area contributed by atoms with Gasteiger partial charge in [0.1, 0.15) is 0 Å². The van der Waals surface area contributed by atoms with Crippen LogP contribution >= 0.6 is 0 Å². The summed E-state index contributed by atoms with van der Waals surface area (Å²) in [4.78, 5) is 11.1. The zero-order chi connectivity index (χ0) is 13.9. The number of carbonyl (C=O) groups excluding carboxylic acids is 1. The molecule has 0 saturated heterocycles. The van der Waals surface area contributed by atoms with E-state index in [0.29, 0.717) is 0 Å². The van der Waals surface area contributed by atoms with E-state index < -0.39 is 24.1 Å². The van der Waals surface area contributed by atoms with Gasteiger partial charge in [-0.3, -0.25) is 0 Å². The molecule has 0 aliphatic carbocycles. The van der Waals surface area contributed by atoms with Crippen LogP contribution < -0.4 is 0 Å². The Morgan fingerprint density at radius 1 is 1.54 bits per heavy atom. The number of benzene rings is 1. The quantitative estimate of drug-likeness (QED) is 0.528. The van der Waals surface area contributed by atoms with Crippen LogP contribution in [0.15, 0.2) is 36.3 Å². The minimum Gasteiger partial charge on any atom is -0.463 e. The second-order valence-electron chi connectivity index (χ2n) is 2.12. The Kier molecular flexibility index (Phi) is 1.82. The molecule has 1 aromatic carbocycles. The number of hydrogen-bond donors (Lipinski definition) is 0. The van der Waals surface area contributed by atoms with E-state index in [9.17, 15) is 4.79 Å². The van der Waals surface area contributed by atoms with Crippen LogP contribution in [0.2, 0.25) is 0 Å². The minimum absolute atomic E-state index is 0.0333. The van der Waals surface area contributed by atoms with Crippen molar-refractivity contribution in [3.05, 3.63) is 41.9 Å². The Balaban J connectivity index is 3.22. The fraction of sp³-hybridized carbons (Fsp3) is 0.182. The van der Waals surface area contributed by atoms with Crippen LogP contribution in [0.3, 0.4) is 0 Å². The van der Waals surface area contributed by atoms with Crippen LogP contribution in [0.1, 0.15) is 19.3 Å². The third kappa shape index (κ3) is 3.56. The zero-order valence-corrected chi connectivity index (χ0v) is 7.18. The van der Waals surface area contributed by atoms with E-state index in [0.717, 1.165) is 12.2 Å². The molecule has 0 aromatic heterocycles. The van der Waals surface area contributed by atoms with E-state index in [-0.39, 0.29) is 24.3 Å². The fourth-order valence-corrected chi connectivity index (χ4v) is 0.685. The topological polar surface area (TPSA) is 26.3 Å². The van der Waals surface area contributed by atoms with Crippen molar-refractivity contribution in [1.29, 1.82) is 0 Å². The average molecular weight is 181 g/mol. The van der Waals surface area contributed by atoms with Crippen LogP contribution in [0.5, 0.6) is 0 Å². The largest absolute Gasteiger partial charge is 0.463 e. The summed E-state index contributed by atoms with van der Waals surface area (Å²) in [6.45, 7) is 1.86. The Labute approximate surface area is 84.9 Å². The lowest BCUT2D eigenvalue weighted by atomic mass is 10.2. The Morgan fingerprint density at radius 2 is 2.23 bits per heavy atom. The highest BCUT2D eigenvalue weighted by molar-refractivity contribution is 5.86. The number of hydrogen-bond acceptors (Lipinski definition) is 2. The summed E-state index contributed by atoms with van der Waals surface area (Å²) in [6, 6.07) is -2.01. The predicted octanol–water partition coefficient (Wildman–Crippen LogP) is 2.26. The molecule has 0 N–H and O–H groups in total. The number of ether oxygens (including phenoxy) is 1. The van der Waals surface area contributed by atoms with Gasteiger partial charge in [-0.05, 0) is 18.6 Å². The number of esters is 1. The standard InChI is InChI=1S/C11H12O2/c1-2-13-11(12)9-8-10-6-4-3-5-7-10/h3-9H,2H2,1H3/b9-8+/i3D,4D,5D,6D,7D. The molecule has 2 heteroatoms. The van der Waals surface area contributed by atoms with E-state index in [1.165, 1.54) is 0 Å². The third-order valence-corrected chi connectivity index (χ3v) is 1.19. The lowest BCUT2D eigenvalue weighted by Crippen LogP contribution is -1.98. The second kappa shape index (κ2) is 5.14. The lowest BCUT2D eigenvalue weighted by molar-refractivity contribution is -0.137. The molecule has 0 heterocycles. The molecule has 0 aliphatic rings. The van der Waals surface area contributed by atoms with Gasteiger partial charge in [0, 0.05) is 6.08 Å². The first-order valence-electron chi connectivity index (χ1n) is 6.31. The molecular formula is C11H12O2. The molecule has 2 nitrogen and oxygen atoms in total. The number of carbonyl (C=O) groups is 1. The van der Waals surface area contributed by atoms with E-state index in [1.807, 2.05) is 0 Å². The summed E-state index contributed by atoms with van der Waals surface area (Å²) < 4.78 is 42.2. The van der Waals surface area contributed by atoms with Gasteiger partial charge in [-0.25, -0.2) is 4.79 Å². The van der Waals surface area contributed by atoms with Gasteiger partial charge in [-0.1, -0.05) is 30.2 Å². The highest BCUT2D eigenvalue weighted by Gasteiger charge is 1.92. The van der Waals surface area contributed by atoms with E-state index in [2.05, 4.69) is 4.74 Å². The maximum Gasteiger partial charge on any atom is 0.330 e. The molecule has 0 unspecified atom stereocenters. The van der Waals surface area contributed by atoms with E-state index >= 15 is 0 Å². The van der Waals surface area contributed by atoms with Gasteiger partial charge in [0.2, 0.25) is 0 Å². The van der Waals surface area contributed by atoms with Crippen molar-refractivity contribution in [2.75, 3.05) is 6.61 Å². The minimum atomic E-state index is -0.621. The van der Waals surface area contributed by atoms with Crippen LogP contribution in [0.4, 0.5) is 0 Å². The van der Waals surface area contributed by atoms with Crippen molar-refractivity contribution < 1.29 is 16.4 Å². The smallest absolute Gasteiger partial charge is 0.330 e. The Bertz CT molecular complexity index is 482. The zero-order valence-electron chi connectivity index (χ0n) is 12.2. The second-order valence-corrected chi connectivity index (χ2v) is 2.12. The molecular weight excluding hydrogens is 164 g/mol. The van der Waals surface area contributed by atoms with Gasteiger partial charge >= 0.3 is 5.97 Å². The van der Waals surface area contributed by atoms with Crippen molar-refractivity contribution in [3.63, 3.8) is 0 Å². The fourth-order valence-electron chi connectivity index (χ4n) is 0.685. The average Bonchev–Trinajstić information content (AvgIpc) is 2.34. The summed E-state index contributed by atoms with van der Waals surface area (Å²) in [5.74, 6) is -0.621. The first kappa shape index (κ1) is 4.61. The van der Waals surface area contributed by atoms with Gasteiger partial charge in [0.25, 0.3) is 0 Å². The molecule has 0 aliphatic heterocycles. The maximum absolute atomic E-state index is 11.1. The van der Waals surface area contributed by atoms with E-state index in [1.54, 1.807) is 6.92 Å². The van der Waals surface area contributed by atoms with Crippen LogP contribution in [-0.2, 0) is 9.53 Å². The molecule has 1 aromatic rings. The monoisotopic (exact) mass is 181 g/mol. The van der Waals surface area contributed by atoms with Crippen molar-refractivity contribution in [3.8, 4) is 0 Å².